The highest BCUT2D eigenvalue weighted by Crippen LogP contribution is 2.20. The number of hydrogen-bond donors (Lipinski definition) is 1. The number of amides is 1. The molecule has 0 fully saturated rings. The number of aryl methyl sites for hydroxylation is 2. The van der Waals surface area contributed by atoms with Crippen molar-refractivity contribution in [1.82, 2.24) is 14.8 Å². The number of pyridine rings is 1. The zero-order chi connectivity index (χ0) is 18.7. The van der Waals surface area contributed by atoms with Crippen LogP contribution in [0.2, 0.25) is 0 Å². The number of hydrazone groups is 1. The molecule has 0 bridgehead atoms. The zero-order valence-electron chi connectivity index (χ0n) is 14.3. The smallest absolute Gasteiger partial charge is 0.290 e. The second kappa shape index (κ2) is 7.14. The predicted octanol–water partition coefficient (Wildman–Crippen LogP) is 2.88. The van der Waals surface area contributed by atoms with Gasteiger partial charge in [-0.1, -0.05) is 25.1 Å². The number of rotatable bonds is 5. The van der Waals surface area contributed by atoms with E-state index in [1.54, 1.807) is 29.7 Å². The first kappa shape index (κ1) is 17.3. The first-order chi connectivity index (χ1) is 12.5. The van der Waals surface area contributed by atoms with Gasteiger partial charge in [0.25, 0.3) is 11.6 Å². The van der Waals surface area contributed by atoms with E-state index < -0.39 is 10.8 Å². The summed E-state index contributed by atoms with van der Waals surface area (Å²) in [5.41, 5.74) is 5.32. The molecule has 1 N–H and O–H groups in total. The third kappa shape index (κ3) is 3.30. The minimum Gasteiger partial charge on any atom is -0.295 e. The van der Waals surface area contributed by atoms with Crippen molar-refractivity contribution in [3.8, 4) is 0 Å². The van der Waals surface area contributed by atoms with Gasteiger partial charge in [0.1, 0.15) is 11.3 Å². The van der Waals surface area contributed by atoms with Gasteiger partial charge in [-0.3, -0.25) is 19.3 Å². The van der Waals surface area contributed by atoms with E-state index in [-0.39, 0.29) is 5.69 Å². The summed E-state index contributed by atoms with van der Waals surface area (Å²) in [6.45, 7) is 3.60. The van der Waals surface area contributed by atoms with Gasteiger partial charge in [0.2, 0.25) is 0 Å². The van der Waals surface area contributed by atoms with E-state index in [0.717, 1.165) is 0 Å². The number of benzene rings is 1. The minimum atomic E-state index is -0.420. The number of carbonyl (C=O) groups excluding carboxylic acids is 1. The van der Waals surface area contributed by atoms with E-state index in [1.165, 1.54) is 12.3 Å². The van der Waals surface area contributed by atoms with Crippen LogP contribution in [0.5, 0.6) is 0 Å². The number of hydrogen-bond acceptors (Lipinski definition) is 5. The fraction of sp³-hybridized carbons (Fsp3) is 0.167. The quantitative estimate of drug-likeness (QED) is 0.434. The van der Waals surface area contributed by atoms with Crippen molar-refractivity contribution in [1.29, 1.82) is 0 Å². The van der Waals surface area contributed by atoms with E-state index >= 15 is 0 Å². The predicted molar refractivity (Wildman–Crippen MR) is 97.5 cm³/mol. The minimum absolute atomic E-state index is 0.0420. The molecule has 2 heterocycles. The van der Waals surface area contributed by atoms with Gasteiger partial charge in [0, 0.05) is 23.4 Å². The highest BCUT2D eigenvalue weighted by molar-refractivity contribution is 5.95. The van der Waals surface area contributed by atoms with Crippen LogP contribution in [0, 0.1) is 17.0 Å². The third-order valence-electron chi connectivity index (χ3n) is 3.99. The summed E-state index contributed by atoms with van der Waals surface area (Å²) < 4.78 is 1.68. The molecule has 2 aromatic heterocycles. The topological polar surface area (TPSA) is 102 Å². The van der Waals surface area contributed by atoms with Gasteiger partial charge in [-0.05, 0) is 25.5 Å². The number of carbonyl (C=O) groups is 1. The van der Waals surface area contributed by atoms with Crippen molar-refractivity contribution >= 4 is 23.5 Å². The van der Waals surface area contributed by atoms with Crippen LogP contribution in [-0.2, 0) is 6.42 Å². The van der Waals surface area contributed by atoms with Crippen molar-refractivity contribution in [2.24, 2.45) is 5.10 Å². The number of aromatic nitrogens is 2. The van der Waals surface area contributed by atoms with Crippen LogP contribution in [-0.4, -0.2) is 26.4 Å². The molecule has 3 rings (SSSR count). The number of nitro benzene ring substituents is 1. The molecule has 0 aliphatic heterocycles. The lowest BCUT2D eigenvalue weighted by Crippen LogP contribution is -2.20. The molecule has 0 radical (unpaired) electrons. The highest BCUT2D eigenvalue weighted by Gasteiger charge is 2.16. The Kier molecular flexibility index (Phi) is 4.74. The molecule has 26 heavy (non-hydrogen) atoms. The number of imidazole rings is 1. The van der Waals surface area contributed by atoms with E-state index in [2.05, 4.69) is 15.5 Å². The van der Waals surface area contributed by atoms with Crippen LogP contribution in [0.15, 0.2) is 47.7 Å². The third-order valence-corrected chi connectivity index (χ3v) is 3.99. The summed E-state index contributed by atoms with van der Waals surface area (Å²) in [4.78, 5) is 27.4. The normalized spacial score (nSPS) is 11.2. The molecule has 132 valence electrons. The molecule has 8 heteroatoms. The molecule has 0 unspecified atom stereocenters. The largest absolute Gasteiger partial charge is 0.295 e. The molecular formula is C18H17N5O3. The monoisotopic (exact) mass is 351 g/mol. The Labute approximate surface area is 149 Å². The molecule has 0 aliphatic carbocycles. The summed E-state index contributed by atoms with van der Waals surface area (Å²) in [7, 11) is 0. The molecule has 0 saturated carbocycles. The summed E-state index contributed by atoms with van der Waals surface area (Å²) in [6, 6.07) is 10.3. The van der Waals surface area contributed by atoms with Gasteiger partial charge in [0.05, 0.1) is 16.8 Å². The van der Waals surface area contributed by atoms with E-state index in [1.807, 2.05) is 25.1 Å². The van der Waals surface area contributed by atoms with Gasteiger partial charge < -0.3 is 0 Å². The maximum absolute atomic E-state index is 12.4. The Hall–Kier alpha value is -3.55. The van der Waals surface area contributed by atoms with Crippen molar-refractivity contribution in [2.75, 3.05) is 0 Å². The van der Waals surface area contributed by atoms with Crippen LogP contribution < -0.4 is 5.43 Å². The Morgan fingerprint density at radius 3 is 2.92 bits per heavy atom. The SMILES string of the molecule is CCc1ccc(/C=N\NC(=O)c2c(C)nc3ccccn23)cc1[N+](=O)[O-]. The molecule has 1 aromatic carbocycles. The number of nitro groups is 1. The van der Waals surface area contributed by atoms with Crippen LogP contribution in [0.4, 0.5) is 5.69 Å². The van der Waals surface area contributed by atoms with Crippen molar-refractivity contribution < 1.29 is 9.72 Å². The first-order valence-electron chi connectivity index (χ1n) is 8.05. The van der Waals surface area contributed by atoms with Crippen LogP contribution in [0.1, 0.15) is 34.2 Å². The lowest BCUT2D eigenvalue weighted by Gasteiger charge is -2.02. The van der Waals surface area contributed by atoms with Gasteiger partial charge in [0.15, 0.2) is 0 Å². The molecule has 0 spiro atoms. The van der Waals surface area contributed by atoms with Crippen molar-refractivity contribution in [3.05, 3.63) is 75.2 Å². The Morgan fingerprint density at radius 2 is 2.19 bits per heavy atom. The van der Waals surface area contributed by atoms with E-state index in [9.17, 15) is 14.9 Å². The summed E-state index contributed by atoms with van der Waals surface area (Å²) in [5, 5.41) is 15.0. The van der Waals surface area contributed by atoms with Gasteiger partial charge in [-0.25, -0.2) is 10.4 Å². The highest BCUT2D eigenvalue weighted by atomic mass is 16.6. The Bertz CT molecular complexity index is 1020. The average Bonchev–Trinajstić information content (AvgIpc) is 2.97. The summed E-state index contributed by atoms with van der Waals surface area (Å²) >= 11 is 0. The molecule has 3 aromatic rings. The number of nitrogens with one attached hydrogen (secondary N) is 1. The maximum Gasteiger partial charge on any atom is 0.290 e. The second-order valence-electron chi connectivity index (χ2n) is 5.67. The fourth-order valence-electron chi connectivity index (χ4n) is 2.74. The Morgan fingerprint density at radius 1 is 1.38 bits per heavy atom. The van der Waals surface area contributed by atoms with Crippen molar-refractivity contribution in [2.45, 2.75) is 20.3 Å². The van der Waals surface area contributed by atoms with Crippen LogP contribution >= 0.6 is 0 Å². The lowest BCUT2D eigenvalue weighted by atomic mass is 10.1. The maximum atomic E-state index is 12.4. The van der Waals surface area contributed by atoms with E-state index in [0.29, 0.717) is 34.6 Å². The van der Waals surface area contributed by atoms with Gasteiger partial charge in [-0.2, -0.15) is 5.10 Å². The zero-order valence-corrected chi connectivity index (χ0v) is 14.3. The molecule has 0 atom stereocenters. The average molecular weight is 351 g/mol. The van der Waals surface area contributed by atoms with Crippen LogP contribution in [0.3, 0.4) is 0 Å². The van der Waals surface area contributed by atoms with E-state index in [4.69, 9.17) is 0 Å². The van der Waals surface area contributed by atoms with Crippen LogP contribution in [0.25, 0.3) is 5.65 Å². The Balaban J connectivity index is 1.80. The fourth-order valence-corrected chi connectivity index (χ4v) is 2.74. The van der Waals surface area contributed by atoms with Gasteiger partial charge >= 0.3 is 0 Å². The summed E-state index contributed by atoms with van der Waals surface area (Å²) in [5.74, 6) is -0.405. The number of nitrogens with zero attached hydrogens (tertiary/aromatic N) is 4. The molecular weight excluding hydrogens is 334 g/mol. The van der Waals surface area contributed by atoms with Crippen molar-refractivity contribution in [3.63, 3.8) is 0 Å². The van der Waals surface area contributed by atoms with Gasteiger partial charge in [-0.15, -0.1) is 0 Å². The lowest BCUT2D eigenvalue weighted by molar-refractivity contribution is -0.385. The number of fused-ring (bicyclic) bond motifs is 1. The summed E-state index contributed by atoms with van der Waals surface area (Å²) in [6.07, 6.45) is 3.70. The standard InChI is InChI=1S/C18H17N5O3/c1-3-14-8-7-13(10-15(14)23(25)26)11-19-21-18(24)17-12(2)20-16-6-4-5-9-22(16)17/h4-11H,3H2,1-2H3,(H,21,24)/b19-11-. The molecule has 8 nitrogen and oxygen atoms in total. The second-order valence-corrected chi connectivity index (χ2v) is 5.67. The molecule has 1 amide bonds. The molecule has 0 saturated heterocycles. The first-order valence-corrected chi connectivity index (χ1v) is 8.05. The molecule has 0 aliphatic rings.